The Morgan fingerprint density at radius 1 is 1.13 bits per heavy atom. The van der Waals surface area contributed by atoms with E-state index in [4.69, 9.17) is 10.7 Å². The molecule has 2 heterocycles. The molecule has 0 radical (unpaired) electrons. The van der Waals surface area contributed by atoms with E-state index in [9.17, 15) is 9.90 Å². The monoisotopic (exact) mass is 526 g/mol. The standard InChI is InChI=1S/C30H31FN6O2/c1-20(38)19-36-12-14-37(15-13-36)27-10-9-24(17-26(27)31)34-30-33-18-23-6-3-7-25(29(23)35-30)22-5-2-4-21(16-22)8-11-28(32)39/h2-11,16-18,20,38H,12-15,19H2,1H3,(H2,32,39)(H,33,34,35)/t20-/m1/s1. The first-order valence-electron chi connectivity index (χ1n) is 12.9. The number of hydrogen-bond donors (Lipinski definition) is 3. The number of carbonyl (C=O) groups is 1. The number of halogens is 1. The van der Waals surface area contributed by atoms with Crippen LogP contribution in [-0.4, -0.2) is 64.7 Å². The summed E-state index contributed by atoms with van der Waals surface area (Å²) in [6, 6.07) is 18.7. The van der Waals surface area contributed by atoms with Crippen molar-refractivity contribution in [3.63, 3.8) is 0 Å². The maximum atomic E-state index is 15.1. The molecule has 0 saturated carbocycles. The SMILES string of the molecule is C[C@@H](O)CN1CCN(c2ccc(Nc3ncc4cccc(-c5cccc(C=CC(N)=O)c5)c4n3)cc2F)CC1. The number of rotatable bonds is 8. The van der Waals surface area contributed by atoms with Crippen molar-refractivity contribution < 1.29 is 14.3 Å². The molecule has 5 rings (SSSR count). The van der Waals surface area contributed by atoms with Crippen LogP contribution in [0.1, 0.15) is 12.5 Å². The lowest BCUT2D eigenvalue weighted by molar-refractivity contribution is -0.113. The number of nitrogens with one attached hydrogen (secondary N) is 1. The number of piperazine rings is 1. The average Bonchev–Trinajstić information content (AvgIpc) is 2.92. The third-order valence-electron chi connectivity index (χ3n) is 6.69. The van der Waals surface area contributed by atoms with Crippen molar-refractivity contribution in [2.45, 2.75) is 13.0 Å². The topological polar surface area (TPSA) is 108 Å². The minimum atomic E-state index is -0.506. The molecule has 4 N–H and O–H groups in total. The molecule has 8 nitrogen and oxygen atoms in total. The lowest BCUT2D eigenvalue weighted by atomic mass is 10.0. The number of primary amides is 1. The second-order valence-corrected chi connectivity index (χ2v) is 9.73. The second kappa shape index (κ2) is 11.6. The van der Waals surface area contributed by atoms with Crippen LogP contribution in [0.4, 0.5) is 21.7 Å². The summed E-state index contributed by atoms with van der Waals surface area (Å²) in [5, 5.41) is 13.6. The molecule has 1 aliphatic heterocycles. The molecule has 0 spiro atoms. The van der Waals surface area contributed by atoms with E-state index in [1.807, 2.05) is 53.4 Å². The molecule has 4 aromatic rings. The van der Waals surface area contributed by atoms with Crippen molar-refractivity contribution in [2.75, 3.05) is 42.9 Å². The minimum absolute atomic E-state index is 0.314. The maximum Gasteiger partial charge on any atom is 0.241 e. The Bertz CT molecular complexity index is 1510. The number of aliphatic hydroxyl groups is 1. The summed E-state index contributed by atoms with van der Waals surface area (Å²) in [5.41, 5.74) is 9.78. The van der Waals surface area contributed by atoms with Crippen LogP contribution < -0.4 is 16.0 Å². The Hall–Kier alpha value is -4.34. The number of benzene rings is 3. The van der Waals surface area contributed by atoms with Gasteiger partial charge in [0.15, 0.2) is 0 Å². The molecule has 39 heavy (non-hydrogen) atoms. The Kier molecular flexibility index (Phi) is 7.81. The van der Waals surface area contributed by atoms with Crippen LogP contribution in [0, 0.1) is 5.82 Å². The zero-order valence-corrected chi connectivity index (χ0v) is 21.7. The molecule has 1 aromatic heterocycles. The molecule has 1 aliphatic rings. The van der Waals surface area contributed by atoms with Gasteiger partial charge in [-0.1, -0.05) is 36.4 Å². The third kappa shape index (κ3) is 6.39. The lowest BCUT2D eigenvalue weighted by Gasteiger charge is -2.36. The van der Waals surface area contributed by atoms with Crippen molar-refractivity contribution in [2.24, 2.45) is 5.73 Å². The van der Waals surface area contributed by atoms with Crippen LogP contribution in [0.5, 0.6) is 0 Å². The van der Waals surface area contributed by atoms with Gasteiger partial charge in [-0.25, -0.2) is 14.4 Å². The summed E-state index contributed by atoms with van der Waals surface area (Å²) in [4.78, 5) is 24.5. The van der Waals surface area contributed by atoms with Crippen molar-refractivity contribution in [3.05, 3.63) is 84.3 Å². The molecule has 200 valence electrons. The molecule has 1 fully saturated rings. The van der Waals surface area contributed by atoms with Crippen LogP contribution in [-0.2, 0) is 4.79 Å². The quantitative estimate of drug-likeness (QED) is 0.296. The van der Waals surface area contributed by atoms with Gasteiger partial charge >= 0.3 is 0 Å². The molecule has 0 unspecified atom stereocenters. The number of β-amino-alcohol motifs (C(OH)–C–C–N with tert-alkyl or cyclic N) is 1. The van der Waals surface area contributed by atoms with Crippen molar-refractivity contribution in [1.82, 2.24) is 14.9 Å². The number of aromatic nitrogens is 2. The third-order valence-corrected chi connectivity index (χ3v) is 6.69. The smallest absolute Gasteiger partial charge is 0.241 e. The number of anilines is 3. The Morgan fingerprint density at radius 2 is 1.92 bits per heavy atom. The number of para-hydroxylation sites is 1. The van der Waals surface area contributed by atoms with Crippen molar-refractivity contribution in [3.8, 4) is 11.1 Å². The number of carbonyl (C=O) groups excluding carboxylic acids is 1. The molecule has 0 aliphatic carbocycles. The van der Waals surface area contributed by atoms with Gasteiger partial charge < -0.3 is 21.1 Å². The molecule has 3 aromatic carbocycles. The first-order valence-corrected chi connectivity index (χ1v) is 12.9. The van der Waals surface area contributed by atoms with Crippen LogP contribution in [0.2, 0.25) is 0 Å². The first kappa shape index (κ1) is 26.3. The van der Waals surface area contributed by atoms with Gasteiger partial charge in [0.05, 0.1) is 17.3 Å². The number of nitrogens with zero attached hydrogens (tertiary/aromatic N) is 4. The van der Waals surface area contributed by atoms with Gasteiger partial charge in [-0.05, 0) is 48.4 Å². The average molecular weight is 527 g/mol. The van der Waals surface area contributed by atoms with E-state index in [0.717, 1.165) is 40.7 Å². The van der Waals surface area contributed by atoms with Crippen molar-refractivity contribution >= 4 is 40.2 Å². The molecular weight excluding hydrogens is 495 g/mol. The second-order valence-electron chi connectivity index (χ2n) is 9.73. The molecule has 9 heteroatoms. The van der Waals surface area contributed by atoms with Crippen LogP contribution in [0.3, 0.4) is 0 Å². The van der Waals surface area contributed by atoms with Crippen LogP contribution in [0.15, 0.2) is 72.9 Å². The molecule has 1 atom stereocenters. The lowest BCUT2D eigenvalue weighted by Crippen LogP contribution is -2.48. The van der Waals surface area contributed by atoms with Gasteiger partial charge in [-0.15, -0.1) is 0 Å². The van der Waals surface area contributed by atoms with E-state index in [0.29, 0.717) is 37.0 Å². The Balaban J connectivity index is 1.35. The normalized spacial score (nSPS) is 15.1. The summed E-state index contributed by atoms with van der Waals surface area (Å²) in [6.07, 6.45) is 4.37. The summed E-state index contributed by atoms with van der Waals surface area (Å²) in [7, 11) is 0. The van der Waals surface area contributed by atoms with Gasteiger partial charge in [0.25, 0.3) is 0 Å². The minimum Gasteiger partial charge on any atom is -0.392 e. The van der Waals surface area contributed by atoms with Crippen LogP contribution in [0.25, 0.3) is 28.1 Å². The maximum absolute atomic E-state index is 15.1. The summed E-state index contributed by atoms with van der Waals surface area (Å²) in [5.74, 6) is -0.460. The number of amides is 1. The van der Waals surface area contributed by atoms with E-state index < -0.39 is 5.91 Å². The Labute approximate surface area is 226 Å². The highest BCUT2D eigenvalue weighted by Gasteiger charge is 2.20. The highest BCUT2D eigenvalue weighted by Crippen LogP contribution is 2.30. The van der Waals surface area contributed by atoms with Gasteiger partial charge in [0.1, 0.15) is 5.82 Å². The van der Waals surface area contributed by atoms with Gasteiger partial charge in [-0.2, -0.15) is 0 Å². The van der Waals surface area contributed by atoms with Gasteiger partial charge in [-0.3, -0.25) is 9.69 Å². The highest BCUT2D eigenvalue weighted by molar-refractivity contribution is 5.95. The summed E-state index contributed by atoms with van der Waals surface area (Å²) in [6.45, 7) is 5.37. The van der Waals surface area contributed by atoms with Gasteiger partial charge in [0, 0.05) is 61.6 Å². The predicted molar refractivity (Wildman–Crippen MR) is 153 cm³/mol. The van der Waals surface area contributed by atoms with E-state index in [2.05, 4.69) is 15.2 Å². The van der Waals surface area contributed by atoms with E-state index in [-0.39, 0.29) is 11.9 Å². The number of aliphatic hydroxyl groups excluding tert-OH is 1. The zero-order chi connectivity index (χ0) is 27.4. The van der Waals surface area contributed by atoms with E-state index in [1.165, 1.54) is 12.1 Å². The van der Waals surface area contributed by atoms with Gasteiger partial charge in [0.2, 0.25) is 11.9 Å². The number of nitrogens with two attached hydrogens (primary N) is 1. The molecule has 1 saturated heterocycles. The highest BCUT2D eigenvalue weighted by atomic mass is 19.1. The predicted octanol–water partition coefficient (Wildman–Crippen LogP) is 4.18. The fraction of sp³-hybridized carbons (Fsp3) is 0.233. The fourth-order valence-electron chi connectivity index (χ4n) is 4.85. The largest absolute Gasteiger partial charge is 0.392 e. The molecular formula is C30H31FN6O2. The van der Waals surface area contributed by atoms with E-state index >= 15 is 4.39 Å². The first-order chi connectivity index (χ1) is 18.9. The Morgan fingerprint density at radius 3 is 2.67 bits per heavy atom. The number of hydrogen-bond acceptors (Lipinski definition) is 7. The van der Waals surface area contributed by atoms with Crippen LogP contribution >= 0.6 is 0 Å². The summed E-state index contributed by atoms with van der Waals surface area (Å²) < 4.78 is 15.1. The van der Waals surface area contributed by atoms with E-state index in [1.54, 1.807) is 25.3 Å². The zero-order valence-electron chi connectivity index (χ0n) is 21.7. The number of fused-ring (bicyclic) bond motifs is 1. The summed E-state index contributed by atoms with van der Waals surface area (Å²) >= 11 is 0. The van der Waals surface area contributed by atoms with Crippen molar-refractivity contribution in [1.29, 1.82) is 0 Å². The molecule has 1 amide bonds. The molecule has 0 bridgehead atoms. The fourth-order valence-corrected chi connectivity index (χ4v) is 4.85.